The molecular formula is C6H5Br2. The molecular weight excluding hydrogens is 232 g/mol. The van der Waals surface area contributed by atoms with Crippen LogP contribution >= 0.6 is 31.9 Å². The average Bonchev–Trinajstić information content (AvgIpc) is 1.64. The third-order valence-electron chi connectivity index (χ3n) is 0.892. The highest BCUT2D eigenvalue weighted by Crippen LogP contribution is 2.28. The molecule has 0 aromatic heterocycles. The monoisotopic (exact) mass is 235 g/mol. The molecule has 1 aliphatic carbocycles. The van der Waals surface area contributed by atoms with Crippen LogP contribution < -0.4 is 0 Å². The summed E-state index contributed by atoms with van der Waals surface area (Å²) in [5.41, 5.74) is 0. The molecule has 0 aliphatic heterocycles. The van der Waals surface area contributed by atoms with E-state index in [1.165, 1.54) is 9.31 Å². The predicted octanol–water partition coefficient (Wildman–Crippen LogP) is 3.15. The molecule has 0 amide bonds. The van der Waals surface area contributed by atoms with E-state index in [-0.39, 0.29) is 0 Å². The molecule has 8 heavy (non-hydrogen) atoms. The molecule has 0 aromatic rings. The van der Waals surface area contributed by atoms with E-state index in [1.54, 1.807) is 0 Å². The third-order valence-corrected chi connectivity index (χ3v) is 1.98. The normalized spacial score (nSPS) is 21.0. The summed E-state index contributed by atoms with van der Waals surface area (Å²) in [7, 11) is 0. The largest absolute Gasteiger partial charge is 0.0785 e. The van der Waals surface area contributed by atoms with Crippen molar-refractivity contribution in [1.82, 2.24) is 0 Å². The fraction of sp³-hybridized carbons (Fsp3) is 0.167. The molecule has 0 spiro atoms. The van der Waals surface area contributed by atoms with Crippen molar-refractivity contribution in [3.63, 3.8) is 0 Å². The Morgan fingerprint density at radius 1 is 1.38 bits per heavy atom. The van der Waals surface area contributed by atoms with Gasteiger partial charge in [-0.3, -0.25) is 0 Å². The minimum atomic E-state index is 0.997. The Bertz CT molecular complexity index is 135. The number of hydrogen-bond acceptors (Lipinski definition) is 0. The highest BCUT2D eigenvalue weighted by molar-refractivity contribution is 9.12. The maximum Gasteiger partial charge on any atom is 0.0676 e. The Hall–Kier alpha value is 0.440. The molecule has 1 rings (SSSR count). The van der Waals surface area contributed by atoms with Crippen molar-refractivity contribution in [3.8, 4) is 0 Å². The van der Waals surface area contributed by atoms with Crippen molar-refractivity contribution in [1.29, 1.82) is 0 Å². The summed E-state index contributed by atoms with van der Waals surface area (Å²) >= 11 is 6.78. The van der Waals surface area contributed by atoms with Gasteiger partial charge in [0.15, 0.2) is 0 Å². The van der Waals surface area contributed by atoms with Crippen LogP contribution in [0.15, 0.2) is 22.7 Å². The number of rotatable bonds is 0. The Morgan fingerprint density at radius 2 is 2.12 bits per heavy atom. The Kier molecular flexibility index (Phi) is 2.32. The van der Waals surface area contributed by atoms with E-state index in [4.69, 9.17) is 0 Å². The molecule has 1 radical (unpaired) electrons. The van der Waals surface area contributed by atoms with E-state index in [2.05, 4.69) is 31.9 Å². The van der Waals surface area contributed by atoms with Crippen molar-refractivity contribution < 1.29 is 0 Å². The fourth-order valence-electron chi connectivity index (χ4n) is 0.536. The van der Waals surface area contributed by atoms with Crippen LogP contribution in [0.2, 0.25) is 0 Å². The minimum Gasteiger partial charge on any atom is -0.0785 e. The molecule has 0 aromatic carbocycles. The van der Waals surface area contributed by atoms with Gasteiger partial charge in [-0.2, -0.15) is 0 Å². The van der Waals surface area contributed by atoms with Crippen molar-refractivity contribution in [2.75, 3.05) is 0 Å². The van der Waals surface area contributed by atoms with Crippen molar-refractivity contribution in [2.45, 2.75) is 6.42 Å². The molecule has 0 nitrogen and oxygen atoms in total. The second kappa shape index (κ2) is 2.83. The molecule has 0 atom stereocenters. The standard InChI is InChI=1S/C6H5Br2/c7-5-2-1-3-6(8)4-5/h1-3H,4H2. The SMILES string of the molecule is Br[C]1C=CC=C(Br)C1. The molecule has 0 N–H and O–H groups in total. The highest BCUT2D eigenvalue weighted by atomic mass is 79.9. The Balaban J connectivity index is 2.59. The summed E-state index contributed by atoms with van der Waals surface area (Å²) < 4.78 is 1.23. The van der Waals surface area contributed by atoms with Gasteiger partial charge < -0.3 is 0 Å². The number of halogens is 2. The molecule has 43 valence electrons. The first-order valence-electron chi connectivity index (χ1n) is 2.33. The maximum absolute atomic E-state index is 3.39. The van der Waals surface area contributed by atoms with Crippen LogP contribution in [0.25, 0.3) is 0 Å². The predicted molar refractivity (Wildman–Crippen MR) is 42.9 cm³/mol. The lowest BCUT2D eigenvalue weighted by atomic mass is 10.2. The summed E-state index contributed by atoms with van der Waals surface area (Å²) in [6.45, 7) is 0. The lowest BCUT2D eigenvalue weighted by Crippen LogP contribution is -1.85. The molecule has 0 bridgehead atoms. The summed E-state index contributed by atoms with van der Waals surface area (Å²) in [6.07, 6.45) is 7.10. The molecule has 0 saturated carbocycles. The van der Waals surface area contributed by atoms with Gasteiger partial charge in [-0.1, -0.05) is 50.1 Å². The van der Waals surface area contributed by atoms with Crippen LogP contribution in [0, 0.1) is 4.83 Å². The topological polar surface area (TPSA) is 0 Å². The second-order valence-electron chi connectivity index (χ2n) is 1.60. The quantitative estimate of drug-likeness (QED) is 0.606. The lowest BCUT2D eigenvalue weighted by Gasteiger charge is -2.04. The number of allylic oxidation sites excluding steroid dienone is 4. The average molecular weight is 237 g/mol. The first-order chi connectivity index (χ1) is 3.79. The Labute approximate surface area is 65.9 Å². The van der Waals surface area contributed by atoms with Crippen LogP contribution in [0.3, 0.4) is 0 Å². The third kappa shape index (κ3) is 1.75. The van der Waals surface area contributed by atoms with Crippen molar-refractivity contribution in [2.24, 2.45) is 0 Å². The van der Waals surface area contributed by atoms with Gasteiger partial charge in [0.1, 0.15) is 0 Å². The van der Waals surface area contributed by atoms with E-state index in [9.17, 15) is 0 Å². The zero-order chi connectivity index (χ0) is 5.98. The number of hydrogen-bond donors (Lipinski definition) is 0. The van der Waals surface area contributed by atoms with Gasteiger partial charge in [0.25, 0.3) is 0 Å². The summed E-state index contributed by atoms with van der Waals surface area (Å²) in [5, 5.41) is 0. The van der Waals surface area contributed by atoms with Gasteiger partial charge in [0.05, 0.1) is 4.83 Å². The van der Waals surface area contributed by atoms with Crippen LogP contribution in [0.4, 0.5) is 0 Å². The zero-order valence-electron chi connectivity index (χ0n) is 4.20. The maximum atomic E-state index is 3.39. The molecule has 0 saturated heterocycles. The summed E-state index contributed by atoms with van der Waals surface area (Å²) in [6, 6.07) is 0. The second-order valence-corrected chi connectivity index (χ2v) is 3.63. The van der Waals surface area contributed by atoms with E-state index < -0.39 is 0 Å². The van der Waals surface area contributed by atoms with Gasteiger partial charge in [0.2, 0.25) is 0 Å². The summed E-state index contributed by atoms with van der Waals surface area (Å²) in [4.78, 5) is 1.23. The van der Waals surface area contributed by atoms with Gasteiger partial charge in [-0.15, -0.1) is 0 Å². The van der Waals surface area contributed by atoms with Gasteiger partial charge in [0, 0.05) is 0 Å². The summed E-state index contributed by atoms with van der Waals surface area (Å²) in [5.74, 6) is 0. The molecule has 2 heteroatoms. The van der Waals surface area contributed by atoms with E-state index in [0.29, 0.717) is 0 Å². The van der Waals surface area contributed by atoms with Crippen LogP contribution in [0.5, 0.6) is 0 Å². The van der Waals surface area contributed by atoms with Crippen molar-refractivity contribution in [3.05, 3.63) is 27.5 Å². The van der Waals surface area contributed by atoms with Crippen LogP contribution in [0.1, 0.15) is 6.42 Å². The van der Waals surface area contributed by atoms with Gasteiger partial charge >= 0.3 is 0 Å². The van der Waals surface area contributed by atoms with Crippen LogP contribution in [-0.4, -0.2) is 0 Å². The fourth-order valence-corrected chi connectivity index (χ4v) is 1.82. The highest BCUT2D eigenvalue weighted by Gasteiger charge is 2.04. The van der Waals surface area contributed by atoms with E-state index in [1.807, 2.05) is 18.2 Å². The smallest absolute Gasteiger partial charge is 0.0676 e. The van der Waals surface area contributed by atoms with Crippen LogP contribution in [-0.2, 0) is 0 Å². The Morgan fingerprint density at radius 3 is 2.50 bits per heavy atom. The minimum absolute atomic E-state index is 0.997. The van der Waals surface area contributed by atoms with E-state index in [0.717, 1.165) is 6.42 Å². The lowest BCUT2D eigenvalue weighted by molar-refractivity contribution is 1.22. The molecule has 1 aliphatic rings. The molecule has 0 heterocycles. The first kappa shape index (κ1) is 6.56. The first-order valence-corrected chi connectivity index (χ1v) is 3.92. The van der Waals surface area contributed by atoms with Gasteiger partial charge in [-0.05, 0) is 10.9 Å². The van der Waals surface area contributed by atoms with Gasteiger partial charge in [-0.25, -0.2) is 0 Å². The molecule has 0 unspecified atom stereocenters. The van der Waals surface area contributed by atoms with Crippen molar-refractivity contribution >= 4 is 31.9 Å². The van der Waals surface area contributed by atoms with E-state index >= 15 is 0 Å². The molecule has 0 fully saturated rings. The zero-order valence-corrected chi connectivity index (χ0v) is 7.37.